The summed E-state index contributed by atoms with van der Waals surface area (Å²) in [7, 11) is 3.93. The van der Waals surface area contributed by atoms with Crippen LogP contribution in [-0.4, -0.2) is 39.4 Å². The molecule has 202 valence electrons. The number of fused-ring (bicyclic) bond motifs is 3. The van der Waals surface area contributed by atoms with Crippen molar-refractivity contribution in [3.8, 4) is 11.5 Å². The third-order valence-corrected chi connectivity index (χ3v) is 7.24. The van der Waals surface area contributed by atoms with Crippen molar-refractivity contribution in [3.05, 3.63) is 125 Å². The summed E-state index contributed by atoms with van der Waals surface area (Å²) >= 11 is 0. The van der Waals surface area contributed by atoms with Crippen molar-refractivity contribution in [3.63, 3.8) is 0 Å². The van der Waals surface area contributed by atoms with Crippen LogP contribution in [0.1, 0.15) is 28.6 Å². The molecule has 6 rings (SSSR count). The lowest BCUT2D eigenvalue weighted by atomic mass is 10.0. The second kappa shape index (κ2) is 10.00. The molecule has 2 amide bonds. The van der Waals surface area contributed by atoms with Crippen LogP contribution in [0.15, 0.2) is 91.1 Å². The lowest BCUT2D eigenvalue weighted by molar-refractivity contribution is 0.194. The Hall–Kier alpha value is -4.92. The van der Waals surface area contributed by atoms with Gasteiger partial charge in [0.05, 0.1) is 35.3 Å². The summed E-state index contributed by atoms with van der Waals surface area (Å²) < 4.78 is 32.5. The second-order valence-electron chi connectivity index (χ2n) is 10.0. The monoisotopic (exact) mass is 538 g/mol. The molecule has 2 aromatic heterocycles. The van der Waals surface area contributed by atoms with E-state index >= 15 is 0 Å². The SMILES string of the molecule is Cc1nn(-c2ccccc2)c2c1CN(C(=O)Nc1cc(F)ccc1F)C(c1ccc(N(C)C)cc1)c1cccn1-2. The van der Waals surface area contributed by atoms with E-state index < -0.39 is 23.7 Å². The summed E-state index contributed by atoms with van der Waals surface area (Å²) in [5.74, 6) is -0.529. The van der Waals surface area contributed by atoms with Gasteiger partial charge in [0, 0.05) is 37.6 Å². The van der Waals surface area contributed by atoms with Crippen LogP contribution >= 0.6 is 0 Å². The maximum absolute atomic E-state index is 14.6. The van der Waals surface area contributed by atoms with Gasteiger partial charge in [-0.15, -0.1) is 0 Å². The minimum Gasteiger partial charge on any atom is -0.378 e. The maximum atomic E-state index is 14.6. The lowest BCUT2D eigenvalue weighted by Crippen LogP contribution is -2.38. The molecular formula is C31H28F2N6O. The first-order valence-corrected chi connectivity index (χ1v) is 12.9. The van der Waals surface area contributed by atoms with Gasteiger partial charge < -0.3 is 19.7 Å². The fourth-order valence-electron chi connectivity index (χ4n) is 5.24. The fraction of sp³-hybridized carbons (Fsp3) is 0.161. The molecule has 1 atom stereocenters. The predicted molar refractivity (Wildman–Crippen MR) is 151 cm³/mol. The molecule has 5 aromatic rings. The lowest BCUT2D eigenvalue weighted by Gasteiger charge is -2.31. The average molecular weight is 539 g/mol. The number of anilines is 2. The highest BCUT2D eigenvalue weighted by molar-refractivity contribution is 5.90. The number of carbonyl (C=O) groups is 1. The molecule has 0 fully saturated rings. The van der Waals surface area contributed by atoms with Gasteiger partial charge in [-0.1, -0.05) is 30.3 Å². The van der Waals surface area contributed by atoms with Crippen LogP contribution in [0.5, 0.6) is 0 Å². The van der Waals surface area contributed by atoms with Gasteiger partial charge in [-0.2, -0.15) is 5.10 Å². The summed E-state index contributed by atoms with van der Waals surface area (Å²) in [5, 5.41) is 7.45. The number of rotatable bonds is 4. The smallest absolute Gasteiger partial charge is 0.323 e. The molecule has 9 heteroatoms. The van der Waals surface area contributed by atoms with Gasteiger partial charge in [0.1, 0.15) is 17.5 Å². The fourth-order valence-corrected chi connectivity index (χ4v) is 5.24. The van der Waals surface area contributed by atoms with Crippen LogP contribution in [0.3, 0.4) is 0 Å². The molecule has 0 aliphatic carbocycles. The number of nitrogens with zero attached hydrogens (tertiary/aromatic N) is 5. The number of para-hydroxylation sites is 1. The van der Waals surface area contributed by atoms with E-state index in [4.69, 9.17) is 5.10 Å². The molecule has 3 heterocycles. The van der Waals surface area contributed by atoms with Crippen molar-refractivity contribution in [2.24, 2.45) is 0 Å². The number of urea groups is 1. The number of hydrogen-bond acceptors (Lipinski definition) is 3. The van der Waals surface area contributed by atoms with Crippen molar-refractivity contribution in [2.45, 2.75) is 19.5 Å². The van der Waals surface area contributed by atoms with E-state index in [0.717, 1.165) is 57.9 Å². The Bertz CT molecular complexity index is 1690. The van der Waals surface area contributed by atoms with E-state index in [0.29, 0.717) is 0 Å². The minimum absolute atomic E-state index is 0.193. The number of halogens is 2. The molecule has 7 nitrogen and oxygen atoms in total. The highest BCUT2D eigenvalue weighted by atomic mass is 19.1. The topological polar surface area (TPSA) is 58.3 Å². The maximum Gasteiger partial charge on any atom is 0.323 e. The van der Waals surface area contributed by atoms with Crippen molar-refractivity contribution in [1.82, 2.24) is 19.2 Å². The zero-order valence-electron chi connectivity index (χ0n) is 22.3. The summed E-state index contributed by atoms with van der Waals surface area (Å²) in [4.78, 5) is 17.6. The first-order chi connectivity index (χ1) is 19.3. The zero-order chi connectivity index (χ0) is 28.0. The van der Waals surface area contributed by atoms with Gasteiger partial charge in [0.15, 0.2) is 0 Å². The largest absolute Gasteiger partial charge is 0.378 e. The molecule has 1 aliphatic rings. The molecule has 1 aliphatic heterocycles. The molecular weight excluding hydrogens is 510 g/mol. The highest BCUT2D eigenvalue weighted by Crippen LogP contribution is 2.39. The molecule has 1 N–H and O–H groups in total. The Morgan fingerprint density at radius 2 is 1.73 bits per heavy atom. The van der Waals surface area contributed by atoms with Crippen LogP contribution < -0.4 is 10.2 Å². The normalized spacial score (nSPS) is 14.3. The molecule has 0 bridgehead atoms. The number of amides is 2. The van der Waals surface area contributed by atoms with E-state index in [1.54, 1.807) is 4.90 Å². The standard InChI is InChI=1S/C31H28F2N6O/c1-20-25-19-38(31(40)34-27-18-22(32)13-16-26(27)33)29(21-11-14-23(15-12-21)36(2)3)28-10-7-17-37(28)30(25)39(35-20)24-8-5-4-6-9-24/h4-18,29H,19H2,1-3H3,(H,34,40). The first-order valence-electron chi connectivity index (χ1n) is 12.9. The third kappa shape index (κ3) is 4.39. The van der Waals surface area contributed by atoms with Gasteiger partial charge >= 0.3 is 6.03 Å². The Balaban J connectivity index is 1.53. The molecule has 0 saturated carbocycles. The highest BCUT2D eigenvalue weighted by Gasteiger charge is 2.36. The van der Waals surface area contributed by atoms with Crippen LogP contribution in [0, 0.1) is 18.6 Å². The minimum atomic E-state index is -0.714. The molecule has 40 heavy (non-hydrogen) atoms. The number of carbonyl (C=O) groups excluding carboxylic acids is 1. The Morgan fingerprint density at radius 1 is 0.975 bits per heavy atom. The quantitative estimate of drug-likeness (QED) is 0.286. The number of benzene rings is 3. The van der Waals surface area contributed by atoms with Gasteiger partial charge in [-0.05, 0) is 61.0 Å². The zero-order valence-corrected chi connectivity index (χ0v) is 22.3. The Labute approximate surface area is 230 Å². The van der Waals surface area contributed by atoms with Crippen LogP contribution in [0.25, 0.3) is 11.5 Å². The van der Waals surface area contributed by atoms with Gasteiger partial charge in [-0.3, -0.25) is 0 Å². The first kappa shape index (κ1) is 25.4. The second-order valence-corrected chi connectivity index (χ2v) is 10.0. The van der Waals surface area contributed by atoms with Crippen molar-refractivity contribution < 1.29 is 13.6 Å². The summed E-state index contributed by atoms with van der Waals surface area (Å²) in [6.45, 7) is 2.11. The molecule has 0 saturated heterocycles. The summed E-state index contributed by atoms with van der Waals surface area (Å²) in [6.07, 6.45) is 1.96. The van der Waals surface area contributed by atoms with Crippen LogP contribution in [0.4, 0.5) is 25.0 Å². The van der Waals surface area contributed by atoms with Crippen LogP contribution in [0.2, 0.25) is 0 Å². The summed E-state index contributed by atoms with van der Waals surface area (Å²) in [5.41, 5.74) is 5.01. The molecule has 0 radical (unpaired) electrons. The van der Waals surface area contributed by atoms with Crippen molar-refractivity contribution in [1.29, 1.82) is 0 Å². The van der Waals surface area contributed by atoms with E-state index in [-0.39, 0.29) is 12.2 Å². The van der Waals surface area contributed by atoms with Gasteiger partial charge in [-0.25, -0.2) is 18.3 Å². The molecule has 3 aromatic carbocycles. The van der Waals surface area contributed by atoms with Crippen molar-refractivity contribution >= 4 is 17.4 Å². The number of aryl methyl sites for hydroxylation is 1. The van der Waals surface area contributed by atoms with E-state index in [1.807, 2.05) is 104 Å². The Kier molecular flexibility index (Phi) is 6.34. The molecule has 0 spiro atoms. The number of nitrogens with one attached hydrogen (secondary N) is 1. The van der Waals surface area contributed by atoms with Gasteiger partial charge in [0.2, 0.25) is 0 Å². The van der Waals surface area contributed by atoms with E-state index in [2.05, 4.69) is 9.88 Å². The average Bonchev–Trinajstić information content (AvgIpc) is 3.51. The summed E-state index contributed by atoms with van der Waals surface area (Å²) in [6, 6.07) is 23.6. The van der Waals surface area contributed by atoms with Crippen LogP contribution in [-0.2, 0) is 6.54 Å². The van der Waals surface area contributed by atoms with Gasteiger partial charge in [0.25, 0.3) is 0 Å². The molecule has 1 unspecified atom stereocenters. The third-order valence-electron chi connectivity index (χ3n) is 7.24. The van der Waals surface area contributed by atoms with E-state index in [9.17, 15) is 13.6 Å². The Morgan fingerprint density at radius 3 is 2.45 bits per heavy atom. The number of hydrogen-bond donors (Lipinski definition) is 1. The van der Waals surface area contributed by atoms with E-state index in [1.165, 1.54) is 0 Å². The predicted octanol–water partition coefficient (Wildman–Crippen LogP) is 6.45. The van der Waals surface area contributed by atoms with Crippen molar-refractivity contribution in [2.75, 3.05) is 24.3 Å². The number of aromatic nitrogens is 3.